The zero-order valence-electron chi connectivity index (χ0n) is 9.36. The van der Waals surface area contributed by atoms with Crippen molar-refractivity contribution >= 4 is 5.97 Å². The van der Waals surface area contributed by atoms with Gasteiger partial charge in [-0.05, 0) is 24.6 Å². The molecule has 1 fully saturated rings. The van der Waals surface area contributed by atoms with E-state index in [-0.39, 0.29) is 12.6 Å². The van der Waals surface area contributed by atoms with E-state index in [9.17, 15) is 4.79 Å². The quantitative estimate of drug-likeness (QED) is 0.572. The molecule has 1 atom stereocenters. The van der Waals surface area contributed by atoms with Crippen LogP contribution in [0.1, 0.15) is 12.5 Å². The van der Waals surface area contributed by atoms with Gasteiger partial charge in [0.2, 0.25) is 0 Å². The second-order valence-electron chi connectivity index (χ2n) is 3.94. The van der Waals surface area contributed by atoms with Crippen LogP contribution in [0.2, 0.25) is 0 Å². The maximum Gasteiger partial charge on any atom is 0.340 e. The predicted molar refractivity (Wildman–Crippen MR) is 57.1 cm³/mol. The molecule has 0 radical (unpaired) electrons. The Labute approximate surface area is 94.1 Å². The van der Waals surface area contributed by atoms with Gasteiger partial charge in [-0.15, -0.1) is 0 Å². The lowest BCUT2D eigenvalue weighted by atomic mass is 10.2. The summed E-state index contributed by atoms with van der Waals surface area (Å²) in [5, 5.41) is 0. The molecule has 4 heteroatoms. The van der Waals surface area contributed by atoms with Crippen LogP contribution >= 0.6 is 0 Å². The van der Waals surface area contributed by atoms with Crippen LogP contribution in [-0.2, 0) is 20.9 Å². The van der Waals surface area contributed by atoms with Crippen LogP contribution in [0, 0.1) is 0 Å². The predicted octanol–water partition coefficient (Wildman–Crippen LogP) is 1.53. The van der Waals surface area contributed by atoms with Crippen LogP contribution in [0.5, 0.6) is 5.75 Å². The molecule has 16 heavy (non-hydrogen) atoms. The van der Waals surface area contributed by atoms with E-state index in [4.69, 9.17) is 14.2 Å². The molecule has 0 N–H and O–H groups in total. The van der Waals surface area contributed by atoms with Crippen LogP contribution in [0.25, 0.3) is 0 Å². The normalized spacial score (nSPS) is 22.6. The van der Waals surface area contributed by atoms with E-state index in [1.807, 2.05) is 24.3 Å². The molecule has 4 nitrogen and oxygen atoms in total. The lowest BCUT2D eigenvalue weighted by molar-refractivity contribution is -0.150. The number of carbonyl (C=O) groups excluding carboxylic acids is 1. The van der Waals surface area contributed by atoms with Crippen molar-refractivity contribution in [2.45, 2.75) is 19.1 Å². The first-order chi connectivity index (χ1) is 7.64. The molecule has 1 heterocycles. The number of benzene rings is 1. The number of methoxy groups -OCH3 is 1. The van der Waals surface area contributed by atoms with Crippen LogP contribution in [-0.4, -0.2) is 25.3 Å². The number of epoxide rings is 1. The minimum atomic E-state index is -0.702. The van der Waals surface area contributed by atoms with Crippen molar-refractivity contribution in [3.8, 4) is 5.75 Å². The van der Waals surface area contributed by atoms with Crippen molar-refractivity contribution in [3.05, 3.63) is 29.8 Å². The molecule has 86 valence electrons. The zero-order chi connectivity index (χ0) is 11.6. The topological polar surface area (TPSA) is 48.1 Å². The standard InChI is InChI=1S/C12H14O4/c1-12(8-16-12)11(13)15-7-9-3-5-10(14-2)6-4-9/h3-6H,7-8H2,1-2H3. The van der Waals surface area contributed by atoms with Crippen molar-refractivity contribution in [2.24, 2.45) is 0 Å². The van der Waals surface area contributed by atoms with Crippen molar-refractivity contribution in [1.29, 1.82) is 0 Å². The minimum Gasteiger partial charge on any atom is -0.497 e. The molecule has 1 aliphatic heterocycles. The number of hydrogen-bond donors (Lipinski definition) is 0. The van der Waals surface area contributed by atoms with Gasteiger partial charge in [-0.2, -0.15) is 0 Å². The summed E-state index contributed by atoms with van der Waals surface area (Å²) in [5.41, 5.74) is 0.227. The third-order valence-electron chi connectivity index (χ3n) is 2.54. The third kappa shape index (κ3) is 2.33. The van der Waals surface area contributed by atoms with E-state index < -0.39 is 5.60 Å². The average Bonchev–Trinajstić information content (AvgIpc) is 3.06. The highest BCUT2D eigenvalue weighted by atomic mass is 16.6. The van der Waals surface area contributed by atoms with Crippen molar-refractivity contribution in [3.63, 3.8) is 0 Å². The summed E-state index contributed by atoms with van der Waals surface area (Å²) in [5.74, 6) is 0.482. The first-order valence-electron chi connectivity index (χ1n) is 5.08. The number of rotatable bonds is 4. The zero-order valence-corrected chi connectivity index (χ0v) is 9.36. The van der Waals surface area contributed by atoms with Crippen LogP contribution in [0.15, 0.2) is 24.3 Å². The fraction of sp³-hybridized carbons (Fsp3) is 0.417. The largest absolute Gasteiger partial charge is 0.497 e. The maximum absolute atomic E-state index is 11.5. The molecular weight excluding hydrogens is 208 g/mol. The van der Waals surface area contributed by atoms with Crippen molar-refractivity contribution < 1.29 is 19.0 Å². The van der Waals surface area contributed by atoms with E-state index in [0.29, 0.717) is 6.61 Å². The van der Waals surface area contributed by atoms with E-state index in [2.05, 4.69) is 0 Å². The summed E-state index contributed by atoms with van der Waals surface area (Å²) in [7, 11) is 1.61. The summed E-state index contributed by atoms with van der Waals surface area (Å²) in [4.78, 5) is 11.5. The van der Waals surface area contributed by atoms with Gasteiger partial charge in [0, 0.05) is 0 Å². The van der Waals surface area contributed by atoms with Gasteiger partial charge in [0.05, 0.1) is 13.7 Å². The highest BCUT2D eigenvalue weighted by molar-refractivity contribution is 5.81. The van der Waals surface area contributed by atoms with Gasteiger partial charge >= 0.3 is 5.97 Å². The summed E-state index contributed by atoms with van der Waals surface area (Å²) in [6.45, 7) is 2.44. The monoisotopic (exact) mass is 222 g/mol. The molecule has 1 aromatic carbocycles. The molecule has 1 aliphatic rings. The fourth-order valence-corrected chi connectivity index (χ4v) is 1.25. The molecule has 0 saturated carbocycles. The molecule has 0 bridgehead atoms. The molecule has 0 amide bonds. The van der Waals surface area contributed by atoms with E-state index in [0.717, 1.165) is 11.3 Å². The Morgan fingerprint density at radius 1 is 1.44 bits per heavy atom. The van der Waals surface area contributed by atoms with Gasteiger partial charge in [-0.1, -0.05) is 12.1 Å². The van der Waals surface area contributed by atoms with Crippen molar-refractivity contribution in [2.75, 3.05) is 13.7 Å². The van der Waals surface area contributed by atoms with Gasteiger partial charge in [-0.3, -0.25) is 0 Å². The highest BCUT2D eigenvalue weighted by Crippen LogP contribution is 2.27. The average molecular weight is 222 g/mol. The SMILES string of the molecule is COc1ccc(COC(=O)C2(C)CO2)cc1. The first-order valence-corrected chi connectivity index (χ1v) is 5.08. The molecule has 1 aromatic rings. The van der Waals surface area contributed by atoms with Crippen LogP contribution in [0.3, 0.4) is 0 Å². The van der Waals surface area contributed by atoms with Gasteiger partial charge in [-0.25, -0.2) is 4.79 Å². The van der Waals surface area contributed by atoms with Crippen LogP contribution < -0.4 is 4.74 Å². The smallest absolute Gasteiger partial charge is 0.340 e. The number of esters is 1. The number of carbonyl (C=O) groups is 1. The maximum atomic E-state index is 11.5. The fourth-order valence-electron chi connectivity index (χ4n) is 1.25. The van der Waals surface area contributed by atoms with Gasteiger partial charge in [0.1, 0.15) is 12.4 Å². The van der Waals surface area contributed by atoms with Gasteiger partial charge < -0.3 is 14.2 Å². The van der Waals surface area contributed by atoms with Crippen LogP contribution in [0.4, 0.5) is 0 Å². The third-order valence-corrected chi connectivity index (χ3v) is 2.54. The Kier molecular flexibility index (Phi) is 2.83. The highest BCUT2D eigenvalue weighted by Gasteiger charge is 2.48. The molecule has 2 rings (SSSR count). The van der Waals surface area contributed by atoms with E-state index in [1.54, 1.807) is 14.0 Å². The molecule has 1 saturated heterocycles. The van der Waals surface area contributed by atoms with Crippen molar-refractivity contribution in [1.82, 2.24) is 0 Å². The minimum absolute atomic E-state index is 0.266. The summed E-state index contributed by atoms with van der Waals surface area (Å²) >= 11 is 0. The van der Waals surface area contributed by atoms with E-state index >= 15 is 0 Å². The molecule has 0 spiro atoms. The molecule has 0 aliphatic carbocycles. The molecule has 1 unspecified atom stereocenters. The first kappa shape index (κ1) is 11.0. The Balaban J connectivity index is 1.87. The molecular formula is C12H14O4. The number of ether oxygens (including phenoxy) is 3. The van der Waals surface area contributed by atoms with E-state index in [1.165, 1.54) is 0 Å². The Hall–Kier alpha value is -1.55. The second-order valence-corrected chi connectivity index (χ2v) is 3.94. The summed E-state index contributed by atoms with van der Waals surface area (Å²) < 4.78 is 15.1. The molecule has 0 aromatic heterocycles. The van der Waals surface area contributed by atoms with Gasteiger partial charge in [0.25, 0.3) is 0 Å². The van der Waals surface area contributed by atoms with Gasteiger partial charge in [0.15, 0.2) is 5.60 Å². The lowest BCUT2D eigenvalue weighted by Crippen LogP contribution is -2.22. The summed E-state index contributed by atoms with van der Waals surface area (Å²) in [6, 6.07) is 7.39. The Bertz CT molecular complexity index is 379. The lowest BCUT2D eigenvalue weighted by Gasteiger charge is -2.07. The second kappa shape index (κ2) is 4.14. The summed E-state index contributed by atoms with van der Waals surface area (Å²) in [6.07, 6.45) is 0. The Morgan fingerprint density at radius 2 is 2.06 bits per heavy atom. The Morgan fingerprint density at radius 3 is 2.56 bits per heavy atom. The number of hydrogen-bond acceptors (Lipinski definition) is 4.